The molecule has 2 nitrogen and oxygen atoms in total. The predicted molar refractivity (Wildman–Crippen MR) is 77.9 cm³/mol. The number of likely N-dealkylation sites (N-methyl/N-ethyl adjacent to an activating group) is 1. The van der Waals surface area contributed by atoms with Crippen LogP contribution < -0.4 is 0 Å². The minimum Gasteiger partial charge on any atom is -0.394 e. The van der Waals surface area contributed by atoms with E-state index in [1.54, 1.807) is 0 Å². The van der Waals surface area contributed by atoms with Crippen LogP contribution in [-0.4, -0.2) is 35.7 Å². The summed E-state index contributed by atoms with van der Waals surface area (Å²) in [4.78, 5) is 2.22. The highest BCUT2D eigenvalue weighted by molar-refractivity contribution is 5.22. The van der Waals surface area contributed by atoms with Crippen molar-refractivity contribution < 1.29 is 5.11 Å². The number of hydrogen-bond donors (Lipinski definition) is 1. The molecule has 2 heteroatoms. The second-order valence-electron chi connectivity index (χ2n) is 5.71. The molecule has 0 bridgehead atoms. The van der Waals surface area contributed by atoms with Gasteiger partial charge in [-0.05, 0) is 44.9 Å². The quantitative estimate of drug-likeness (QED) is 0.803. The summed E-state index contributed by atoms with van der Waals surface area (Å²) in [6.45, 7) is 7.51. The monoisotopic (exact) mass is 249 g/mol. The summed E-state index contributed by atoms with van der Waals surface area (Å²) in [5, 5.41) is 9.32. The molecule has 0 saturated carbocycles. The van der Waals surface area contributed by atoms with Crippen molar-refractivity contribution >= 4 is 0 Å². The van der Waals surface area contributed by atoms with Crippen LogP contribution in [0, 0.1) is 0 Å². The van der Waals surface area contributed by atoms with E-state index < -0.39 is 0 Å². The minimum absolute atomic E-state index is 0.137. The summed E-state index contributed by atoms with van der Waals surface area (Å²) in [5.74, 6) is 0. The van der Waals surface area contributed by atoms with Crippen molar-refractivity contribution in [2.75, 3.05) is 20.2 Å². The Balaban J connectivity index is 2.48. The molecule has 0 unspecified atom stereocenters. The molecule has 18 heavy (non-hydrogen) atoms. The molecule has 0 aliphatic heterocycles. The molecule has 0 radical (unpaired) electrons. The number of rotatable bonds is 7. The van der Waals surface area contributed by atoms with Gasteiger partial charge in [0.1, 0.15) is 0 Å². The van der Waals surface area contributed by atoms with Crippen LogP contribution in [0.1, 0.15) is 38.3 Å². The molecule has 1 aromatic carbocycles. The van der Waals surface area contributed by atoms with E-state index >= 15 is 0 Å². The lowest BCUT2D eigenvalue weighted by Crippen LogP contribution is -2.45. The van der Waals surface area contributed by atoms with Gasteiger partial charge in [-0.1, -0.05) is 37.6 Å². The summed E-state index contributed by atoms with van der Waals surface area (Å²) in [5.41, 5.74) is 2.66. The molecule has 1 N–H and O–H groups in total. The summed E-state index contributed by atoms with van der Waals surface area (Å²) in [7, 11) is 2.07. The van der Waals surface area contributed by atoms with Crippen LogP contribution in [0.2, 0.25) is 0 Å². The van der Waals surface area contributed by atoms with Gasteiger partial charge in [-0.2, -0.15) is 0 Å². The molecule has 0 aliphatic rings. The van der Waals surface area contributed by atoms with Crippen LogP contribution in [0.25, 0.3) is 0 Å². The minimum atomic E-state index is -0.137. The number of nitrogens with zero attached hydrogens (tertiary/aromatic N) is 1. The van der Waals surface area contributed by atoms with Gasteiger partial charge in [-0.15, -0.1) is 0 Å². The van der Waals surface area contributed by atoms with E-state index in [1.165, 1.54) is 17.5 Å². The van der Waals surface area contributed by atoms with E-state index in [1.807, 2.05) is 0 Å². The highest BCUT2D eigenvalue weighted by atomic mass is 16.3. The Morgan fingerprint density at radius 2 is 1.56 bits per heavy atom. The lowest BCUT2D eigenvalue weighted by molar-refractivity contribution is 0.0801. The molecule has 0 amide bonds. The zero-order valence-electron chi connectivity index (χ0n) is 12.2. The summed E-state index contributed by atoms with van der Waals surface area (Å²) in [6.07, 6.45) is 3.40. The van der Waals surface area contributed by atoms with Gasteiger partial charge in [0, 0.05) is 12.1 Å². The Kier molecular flexibility index (Phi) is 5.83. The lowest BCUT2D eigenvalue weighted by atomic mass is 10.0. The van der Waals surface area contributed by atoms with Crippen molar-refractivity contribution in [1.82, 2.24) is 4.90 Å². The fraction of sp³-hybridized carbons (Fsp3) is 0.625. The summed E-state index contributed by atoms with van der Waals surface area (Å²) in [6, 6.07) is 8.92. The Hall–Kier alpha value is -0.860. The normalized spacial score (nSPS) is 12.1. The highest BCUT2D eigenvalue weighted by Crippen LogP contribution is 2.13. The van der Waals surface area contributed by atoms with E-state index in [9.17, 15) is 5.11 Å². The molecule has 0 atom stereocenters. The zero-order valence-corrected chi connectivity index (χ0v) is 12.2. The van der Waals surface area contributed by atoms with Crippen molar-refractivity contribution in [3.8, 4) is 0 Å². The summed E-state index contributed by atoms with van der Waals surface area (Å²) >= 11 is 0. The Bertz CT molecular complexity index is 343. The molecule has 0 heterocycles. The van der Waals surface area contributed by atoms with E-state index in [0.29, 0.717) is 0 Å². The molecular weight excluding hydrogens is 222 g/mol. The van der Waals surface area contributed by atoms with Gasteiger partial charge in [0.25, 0.3) is 0 Å². The van der Waals surface area contributed by atoms with Crippen LogP contribution >= 0.6 is 0 Å². The molecule has 102 valence electrons. The molecule has 0 fully saturated rings. The molecule has 0 aliphatic carbocycles. The number of aliphatic hydroxyl groups excluding tert-OH is 1. The molecule has 1 aromatic rings. The van der Waals surface area contributed by atoms with Crippen molar-refractivity contribution in [3.63, 3.8) is 0 Å². The second-order valence-corrected chi connectivity index (χ2v) is 5.71. The summed E-state index contributed by atoms with van der Waals surface area (Å²) < 4.78 is 0. The standard InChI is InChI=1S/C16H27NO/c1-5-6-14-7-9-15(10-8-14)11-12-17(4)16(2,3)13-18/h7-10,18H,5-6,11-13H2,1-4H3. The van der Waals surface area contributed by atoms with E-state index in [0.717, 1.165) is 19.4 Å². The first-order valence-electron chi connectivity index (χ1n) is 6.89. The molecule has 0 aromatic heterocycles. The Labute approximate surface area is 112 Å². The maximum atomic E-state index is 9.32. The fourth-order valence-corrected chi connectivity index (χ4v) is 1.88. The van der Waals surface area contributed by atoms with Crippen LogP contribution in [-0.2, 0) is 12.8 Å². The first-order chi connectivity index (χ1) is 8.49. The Morgan fingerprint density at radius 3 is 2.00 bits per heavy atom. The topological polar surface area (TPSA) is 23.5 Å². The van der Waals surface area contributed by atoms with E-state index in [-0.39, 0.29) is 12.1 Å². The van der Waals surface area contributed by atoms with Crippen LogP contribution in [0.15, 0.2) is 24.3 Å². The maximum absolute atomic E-state index is 9.32. The molecule has 0 saturated heterocycles. The second kappa shape index (κ2) is 6.91. The third kappa shape index (κ3) is 4.43. The van der Waals surface area contributed by atoms with Gasteiger partial charge >= 0.3 is 0 Å². The first kappa shape index (κ1) is 15.2. The van der Waals surface area contributed by atoms with Crippen molar-refractivity contribution in [3.05, 3.63) is 35.4 Å². The number of aryl methyl sites for hydroxylation is 1. The van der Waals surface area contributed by atoms with E-state index in [2.05, 4.69) is 57.0 Å². The largest absolute Gasteiger partial charge is 0.394 e. The third-order valence-corrected chi connectivity index (χ3v) is 3.72. The van der Waals surface area contributed by atoms with E-state index in [4.69, 9.17) is 0 Å². The smallest absolute Gasteiger partial charge is 0.0609 e. The number of hydrogen-bond acceptors (Lipinski definition) is 2. The predicted octanol–water partition coefficient (Wildman–Crippen LogP) is 2.88. The average molecular weight is 249 g/mol. The molecule has 0 spiro atoms. The number of aliphatic hydroxyl groups is 1. The van der Waals surface area contributed by atoms with Crippen LogP contribution in [0.4, 0.5) is 0 Å². The van der Waals surface area contributed by atoms with Gasteiger partial charge in [-0.3, -0.25) is 4.90 Å². The highest BCUT2D eigenvalue weighted by Gasteiger charge is 2.21. The van der Waals surface area contributed by atoms with Gasteiger partial charge < -0.3 is 5.11 Å². The molecular formula is C16H27NO. The fourth-order valence-electron chi connectivity index (χ4n) is 1.88. The van der Waals surface area contributed by atoms with Gasteiger partial charge in [-0.25, -0.2) is 0 Å². The number of benzene rings is 1. The van der Waals surface area contributed by atoms with Crippen molar-refractivity contribution in [1.29, 1.82) is 0 Å². The van der Waals surface area contributed by atoms with Gasteiger partial charge in [0.15, 0.2) is 0 Å². The third-order valence-electron chi connectivity index (χ3n) is 3.72. The van der Waals surface area contributed by atoms with Gasteiger partial charge in [0.05, 0.1) is 6.61 Å². The van der Waals surface area contributed by atoms with Crippen molar-refractivity contribution in [2.24, 2.45) is 0 Å². The Morgan fingerprint density at radius 1 is 1.06 bits per heavy atom. The van der Waals surface area contributed by atoms with Crippen LogP contribution in [0.3, 0.4) is 0 Å². The van der Waals surface area contributed by atoms with Crippen LogP contribution in [0.5, 0.6) is 0 Å². The SMILES string of the molecule is CCCc1ccc(CCN(C)C(C)(C)CO)cc1. The first-order valence-corrected chi connectivity index (χ1v) is 6.89. The van der Waals surface area contributed by atoms with Gasteiger partial charge in [0.2, 0.25) is 0 Å². The maximum Gasteiger partial charge on any atom is 0.0609 e. The molecule has 1 rings (SSSR count). The zero-order chi connectivity index (χ0) is 13.6. The van der Waals surface area contributed by atoms with Crippen molar-refractivity contribution in [2.45, 2.75) is 45.6 Å². The average Bonchev–Trinajstić information content (AvgIpc) is 2.38. The lowest BCUT2D eigenvalue weighted by Gasteiger charge is -2.33.